The maximum atomic E-state index is 10.9. The van der Waals surface area contributed by atoms with E-state index < -0.39 is 129 Å². The SMILES string of the molecule is OC[C@H]1O[C@@H](OC[C@H]2O[C@@H](Oc3cc4c(O[C@@H]5O[C@H](CO)[C@@H](O)[C@H](O)[C@H]5O)cc(O)cc4[o+]c3-c3ccc(O)c(O)c3)[C@H](O)[C@@H](O)[C@@H]2O)[C@H](O)[C@@H](O)[C@@H]1O. The molecule has 298 valence electrons. The molecule has 0 radical (unpaired) electrons. The minimum absolute atomic E-state index is 0.0279. The first-order chi connectivity index (χ1) is 25.6. The van der Waals surface area contributed by atoms with Crippen molar-refractivity contribution in [2.75, 3.05) is 19.8 Å². The van der Waals surface area contributed by atoms with Gasteiger partial charge in [0.1, 0.15) is 90.1 Å². The Balaban J connectivity index is 1.34. The van der Waals surface area contributed by atoms with Crippen molar-refractivity contribution in [2.24, 2.45) is 0 Å². The van der Waals surface area contributed by atoms with Crippen LogP contribution in [-0.4, -0.2) is 183 Å². The number of phenols is 3. The molecule has 6 rings (SSSR count). The van der Waals surface area contributed by atoms with Gasteiger partial charge < -0.3 is 99.9 Å². The van der Waals surface area contributed by atoms with E-state index in [9.17, 15) is 71.5 Å². The van der Waals surface area contributed by atoms with Gasteiger partial charge in [-0.3, -0.25) is 0 Å². The van der Waals surface area contributed by atoms with Gasteiger partial charge in [-0.15, -0.1) is 0 Å². The van der Waals surface area contributed by atoms with E-state index in [1.807, 2.05) is 0 Å². The van der Waals surface area contributed by atoms with Gasteiger partial charge >= 0.3 is 11.3 Å². The summed E-state index contributed by atoms with van der Waals surface area (Å²) >= 11 is 0. The molecule has 1 aromatic heterocycles. The average molecular weight is 774 g/mol. The van der Waals surface area contributed by atoms with Gasteiger partial charge in [0, 0.05) is 18.2 Å². The zero-order valence-electron chi connectivity index (χ0n) is 27.9. The van der Waals surface area contributed by atoms with E-state index in [0.29, 0.717) is 0 Å². The monoisotopic (exact) mass is 773 g/mol. The van der Waals surface area contributed by atoms with Crippen molar-refractivity contribution in [1.82, 2.24) is 0 Å². The molecule has 0 amide bonds. The molecule has 3 aliphatic rings. The van der Waals surface area contributed by atoms with Crippen LogP contribution in [0.3, 0.4) is 0 Å². The van der Waals surface area contributed by atoms with E-state index in [0.717, 1.165) is 24.3 Å². The highest BCUT2D eigenvalue weighted by atomic mass is 16.7. The molecule has 21 heteroatoms. The number of phenolic OH excluding ortho intramolecular Hbond substituents is 3. The largest absolute Gasteiger partial charge is 0.507 e. The van der Waals surface area contributed by atoms with Crippen LogP contribution < -0.4 is 9.47 Å². The van der Waals surface area contributed by atoms with Crippen LogP contribution in [0.15, 0.2) is 40.8 Å². The molecule has 3 aromatic rings. The molecule has 3 fully saturated rings. The molecule has 15 atom stereocenters. The van der Waals surface area contributed by atoms with Crippen LogP contribution in [0.4, 0.5) is 0 Å². The van der Waals surface area contributed by atoms with Crippen molar-refractivity contribution in [1.29, 1.82) is 0 Å². The highest BCUT2D eigenvalue weighted by Crippen LogP contribution is 2.43. The second-order valence-corrected chi connectivity index (χ2v) is 13.0. The Morgan fingerprint density at radius 1 is 0.537 bits per heavy atom. The first-order valence-corrected chi connectivity index (χ1v) is 16.5. The molecule has 4 heterocycles. The van der Waals surface area contributed by atoms with Crippen molar-refractivity contribution >= 4 is 11.0 Å². The number of benzene rings is 2. The summed E-state index contributed by atoms with van der Waals surface area (Å²) in [6.07, 6.45) is -25.8. The van der Waals surface area contributed by atoms with E-state index in [1.165, 1.54) is 12.1 Å². The lowest BCUT2D eigenvalue weighted by Crippen LogP contribution is -2.62. The van der Waals surface area contributed by atoms with Crippen molar-refractivity contribution < 1.29 is 104 Å². The second kappa shape index (κ2) is 16.2. The quantitative estimate of drug-likeness (QED) is 0.0684. The third-order valence-electron chi connectivity index (χ3n) is 9.31. The Labute approximate surface area is 303 Å². The Hall–Kier alpha value is -3.75. The number of fused-ring (bicyclic) bond motifs is 1. The Kier molecular flexibility index (Phi) is 11.9. The first-order valence-electron chi connectivity index (χ1n) is 16.5. The fraction of sp³-hybridized carbons (Fsp3) is 0.545. The average Bonchev–Trinajstić information content (AvgIpc) is 3.15. The Morgan fingerprint density at radius 2 is 1.06 bits per heavy atom. The number of hydrogen-bond acceptors (Lipinski definition) is 20. The molecule has 14 N–H and O–H groups in total. The standard InChI is InChI=1S/C33H40O21/c34-7-18-21(39)24(42)27(45)31(52-18)48-9-20-23(41)26(44)29(47)33(54-20)51-17-6-12-15(49-30(17)10-1-2-13(37)14(38)3-10)4-11(36)5-16(12)50-32-28(46)25(43)22(40)19(8-35)53-32/h1-6,18-29,31-35,39-47H,7-9H2,(H2-,36,37,38)/p+1/t18-,19-,20-,21-,22-,23-,24+,25+,26+,27-,28-,29-,31-,32-,33-/m1/s1. The van der Waals surface area contributed by atoms with Gasteiger partial charge in [-0.25, -0.2) is 4.42 Å². The summed E-state index contributed by atoms with van der Waals surface area (Å²) in [4.78, 5) is 0. The van der Waals surface area contributed by atoms with E-state index >= 15 is 0 Å². The molecule has 0 bridgehead atoms. The molecule has 21 nitrogen and oxygen atoms in total. The minimum atomic E-state index is -1.97. The van der Waals surface area contributed by atoms with Gasteiger partial charge in [0.25, 0.3) is 0 Å². The smallest absolute Gasteiger partial charge is 0.402 e. The van der Waals surface area contributed by atoms with Crippen LogP contribution in [0.2, 0.25) is 0 Å². The fourth-order valence-corrected chi connectivity index (χ4v) is 6.18. The summed E-state index contributed by atoms with van der Waals surface area (Å²) in [7, 11) is 0. The van der Waals surface area contributed by atoms with Crippen LogP contribution in [-0.2, 0) is 18.9 Å². The number of aromatic hydroxyl groups is 3. The molecule has 3 aliphatic heterocycles. The van der Waals surface area contributed by atoms with Crippen LogP contribution in [0, 0.1) is 0 Å². The highest BCUT2D eigenvalue weighted by molar-refractivity contribution is 5.89. The number of hydrogen-bond donors (Lipinski definition) is 14. The summed E-state index contributed by atoms with van der Waals surface area (Å²) in [5.41, 5.74) is -0.0776. The zero-order chi connectivity index (χ0) is 39.2. The summed E-state index contributed by atoms with van der Waals surface area (Å²) in [6, 6.07) is 6.92. The van der Waals surface area contributed by atoms with Crippen LogP contribution in [0.25, 0.3) is 22.3 Å². The van der Waals surface area contributed by atoms with E-state index in [4.69, 9.17) is 32.8 Å². The predicted molar refractivity (Wildman–Crippen MR) is 172 cm³/mol. The van der Waals surface area contributed by atoms with Crippen molar-refractivity contribution in [3.63, 3.8) is 0 Å². The zero-order valence-corrected chi connectivity index (χ0v) is 27.9. The molecule has 0 unspecified atom stereocenters. The third-order valence-corrected chi connectivity index (χ3v) is 9.31. The number of aliphatic hydroxyl groups is 11. The Morgan fingerprint density at radius 3 is 1.63 bits per heavy atom. The predicted octanol–water partition coefficient (Wildman–Crippen LogP) is -4.32. The molecule has 0 spiro atoms. The minimum Gasteiger partial charge on any atom is -0.507 e. The summed E-state index contributed by atoms with van der Waals surface area (Å²) in [5.74, 6) is -2.35. The van der Waals surface area contributed by atoms with Crippen molar-refractivity contribution in [2.45, 2.75) is 92.1 Å². The van der Waals surface area contributed by atoms with Gasteiger partial charge in [-0.05, 0) is 12.1 Å². The second-order valence-electron chi connectivity index (χ2n) is 13.0. The summed E-state index contributed by atoms with van der Waals surface area (Å²) < 4.78 is 39.8. The first kappa shape index (κ1) is 39.9. The molecule has 3 saturated heterocycles. The van der Waals surface area contributed by atoms with Crippen LogP contribution >= 0.6 is 0 Å². The molecule has 0 aliphatic carbocycles. The van der Waals surface area contributed by atoms with Gasteiger partial charge in [0.05, 0.1) is 31.5 Å². The molecule has 54 heavy (non-hydrogen) atoms. The fourth-order valence-electron chi connectivity index (χ4n) is 6.18. The highest BCUT2D eigenvalue weighted by Gasteiger charge is 2.49. The number of aliphatic hydroxyl groups excluding tert-OH is 11. The van der Waals surface area contributed by atoms with Crippen LogP contribution in [0.5, 0.6) is 28.7 Å². The van der Waals surface area contributed by atoms with Crippen molar-refractivity contribution in [3.8, 4) is 40.1 Å². The van der Waals surface area contributed by atoms with Crippen molar-refractivity contribution in [3.05, 3.63) is 36.4 Å². The maximum absolute atomic E-state index is 10.9. The van der Waals surface area contributed by atoms with E-state index in [1.54, 1.807) is 0 Å². The maximum Gasteiger partial charge on any atom is 0.402 e. The molecular weight excluding hydrogens is 732 g/mol. The third kappa shape index (κ3) is 7.70. The van der Waals surface area contributed by atoms with Crippen LogP contribution in [0.1, 0.15) is 0 Å². The molecule has 0 saturated carbocycles. The van der Waals surface area contributed by atoms with Gasteiger partial charge in [0.15, 0.2) is 17.8 Å². The lowest BCUT2D eigenvalue weighted by atomic mass is 9.98. The number of rotatable bonds is 10. The van der Waals surface area contributed by atoms with E-state index in [-0.39, 0.29) is 33.8 Å². The summed E-state index contributed by atoms with van der Waals surface area (Å²) in [6.45, 7) is -2.19. The van der Waals surface area contributed by atoms with Gasteiger partial charge in [0.2, 0.25) is 18.3 Å². The normalized spacial score (nSPS) is 37.3. The number of ether oxygens (including phenoxy) is 6. The lowest BCUT2D eigenvalue weighted by molar-refractivity contribution is -0.323. The molecule has 2 aromatic carbocycles. The Bertz CT molecular complexity index is 1760. The van der Waals surface area contributed by atoms with E-state index in [2.05, 4.69) is 0 Å². The topological polar surface area (TPSA) is 350 Å². The lowest BCUT2D eigenvalue weighted by Gasteiger charge is -2.42. The summed E-state index contributed by atoms with van der Waals surface area (Å²) in [5, 5.41) is 144. The van der Waals surface area contributed by atoms with Gasteiger partial charge in [-0.2, -0.15) is 0 Å². The van der Waals surface area contributed by atoms with Gasteiger partial charge in [-0.1, -0.05) is 0 Å². The molecular formula is C33H41O21+.